The van der Waals surface area contributed by atoms with Crippen molar-refractivity contribution in [3.05, 3.63) is 5.01 Å². The molecule has 1 saturated carbocycles. The van der Waals surface area contributed by atoms with E-state index in [4.69, 9.17) is 0 Å². The molecule has 1 aromatic heterocycles. The average Bonchev–Trinajstić information content (AvgIpc) is 2.86. The minimum Gasteiger partial charge on any atom is -0.301 e. The van der Waals surface area contributed by atoms with Crippen LogP contribution in [0.25, 0.3) is 0 Å². The molecule has 0 atom stereocenters. The SMILES string of the molecule is CCCC(=O)Nc1nnc(C2CCCC2)s1. The second-order valence-electron chi connectivity index (χ2n) is 4.23. The summed E-state index contributed by atoms with van der Waals surface area (Å²) in [4.78, 5) is 11.4. The van der Waals surface area contributed by atoms with E-state index >= 15 is 0 Å². The predicted molar refractivity (Wildman–Crippen MR) is 64.7 cm³/mol. The van der Waals surface area contributed by atoms with Gasteiger partial charge in [0.05, 0.1) is 0 Å². The normalized spacial score (nSPS) is 16.6. The van der Waals surface area contributed by atoms with Gasteiger partial charge >= 0.3 is 0 Å². The van der Waals surface area contributed by atoms with Gasteiger partial charge < -0.3 is 5.32 Å². The van der Waals surface area contributed by atoms with Crippen molar-refractivity contribution in [3.63, 3.8) is 0 Å². The Morgan fingerprint density at radius 1 is 1.44 bits per heavy atom. The number of rotatable bonds is 4. The number of nitrogens with zero attached hydrogens (tertiary/aromatic N) is 2. The summed E-state index contributed by atoms with van der Waals surface area (Å²) in [5.41, 5.74) is 0. The van der Waals surface area contributed by atoms with Crippen LogP contribution in [0.4, 0.5) is 5.13 Å². The molecule has 1 heterocycles. The van der Waals surface area contributed by atoms with E-state index in [1.54, 1.807) is 0 Å². The highest BCUT2D eigenvalue weighted by atomic mass is 32.1. The Balaban J connectivity index is 1.93. The van der Waals surface area contributed by atoms with Gasteiger partial charge in [0, 0.05) is 12.3 Å². The van der Waals surface area contributed by atoms with Crippen LogP contribution in [-0.4, -0.2) is 16.1 Å². The van der Waals surface area contributed by atoms with Crippen molar-refractivity contribution in [2.24, 2.45) is 0 Å². The van der Waals surface area contributed by atoms with Crippen LogP contribution in [-0.2, 0) is 4.79 Å². The van der Waals surface area contributed by atoms with Crippen molar-refractivity contribution in [2.75, 3.05) is 5.32 Å². The van der Waals surface area contributed by atoms with Crippen LogP contribution in [0, 0.1) is 0 Å². The van der Waals surface area contributed by atoms with Crippen LogP contribution >= 0.6 is 11.3 Å². The second-order valence-corrected chi connectivity index (χ2v) is 5.23. The van der Waals surface area contributed by atoms with Crippen LogP contribution in [0.3, 0.4) is 0 Å². The van der Waals surface area contributed by atoms with Crippen LogP contribution in [0.5, 0.6) is 0 Å². The van der Waals surface area contributed by atoms with Gasteiger partial charge in [0.25, 0.3) is 0 Å². The molecule has 1 amide bonds. The lowest BCUT2D eigenvalue weighted by atomic mass is 10.1. The maximum absolute atomic E-state index is 11.4. The summed E-state index contributed by atoms with van der Waals surface area (Å²) in [5, 5.41) is 12.7. The molecule has 2 rings (SSSR count). The molecule has 0 spiro atoms. The van der Waals surface area contributed by atoms with Crippen molar-refractivity contribution in [1.29, 1.82) is 0 Å². The van der Waals surface area contributed by atoms with Gasteiger partial charge in [-0.2, -0.15) is 0 Å². The minimum absolute atomic E-state index is 0.0385. The fourth-order valence-corrected chi connectivity index (χ4v) is 2.96. The monoisotopic (exact) mass is 239 g/mol. The maximum Gasteiger partial charge on any atom is 0.226 e. The summed E-state index contributed by atoms with van der Waals surface area (Å²) in [6.07, 6.45) is 6.44. The summed E-state index contributed by atoms with van der Waals surface area (Å²) < 4.78 is 0. The van der Waals surface area contributed by atoms with Gasteiger partial charge in [-0.3, -0.25) is 4.79 Å². The van der Waals surface area contributed by atoms with E-state index in [1.165, 1.54) is 37.0 Å². The van der Waals surface area contributed by atoms with E-state index in [9.17, 15) is 4.79 Å². The summed E-state index contributed by atoms with van der Waals surface area (Å²) in [6.45, 7) is 1.99. The molecule has 4 nitrogen and oxygen atoms in total. The Labute approximate surface area is 99.5 Å². The Hall–Kier alpha value is -0.970. The molecule has 0 saturated heterocycles. The first-order valence-corrected chi connectivity index (χ1v) is 6.74. The van der Waals surface area contributed by atoms with Crippen LogP contribution in [0.2, 0.25) is 0 Å². The standard InChI is InChI=1S/C11H17N3OS/c1-2-5-9(15)12-11-14-13-10(16-11)8-6-3-4-7-8/h8H,2-7H2,1H3,(H,12,14,15). The average molecular weight is 239 g/mol. The number of carbonyl (C=O) groups is 1. The first-order valence-electron chi connectivity index (χ1n) is 5.93. The largest absolute Gasteiger partial charge is 0.301 e. The van der Waals surface area contributed by atoms with Crippen molar-refractivity contribution < 1.29 is 4.79 Å². The number of carbonyl (C=O) groups excluding carboxylic acids is 1. The van der Waals surface area contributed by atoms with Gasteiger partial charge in [-0.15, -0.1) is 10.2 Å². The lowest BCUT2D eigenvalue weighted by Gasteiger charge is -2.01. The van der Waals surface area contributed by atoms with Gasteiger partial charge in [0.1, 0.15) is 5.01 Å². The maximum atomic E-state index is 11.4. The number of nitrogens with one attached hydrogen (secondary N) is 1. The van der Waals surface area contributed by atoms with Gasteiger partial charge in [-0.1, -0.05) is 31.1 Å². The number of aromatic nitrogens is 2. The topological polar surface area (TPSA) is 54.9 Å². The van der Waals surface area contributed by atoms with Crippen LogP contribution in [0.1, 0.15) is 56.4 Å². The zero-order valence-electron chi connectivity index (χ0n) is 9.53. The van der Waals surface area contributed by atoms with Crippen molar-refractivity contribution in [3.8, 4) is 0 Å². The van der Waals surface area contributed by atoms with Gasteiger partial charge in [-0.05, 0) is 19.3 Å². The van der Waals surface area contributed by atoms with E-state index in [0.29, 0.717) is 17.5 Å². The second kappa shape index (κ2) is 5.39. The third kappa shape index (κ3) is 2.78. The molecule has 1 fully saturated rings. The fraction of sp³-hybridized carbons (Fsp3) is 0.727. The lowest BCUT2D eigenvalue weighted by molar-refractivity contribution is -0.116. The highest BCUT2D eigenvalue weighted by Gasteiger charge is 2.21. The minimum atomic E-state index is 0.0385. The van der Waals surface area contributed by atoms with Crippen molar-refractivity contribution in [1.82, 2.24) is 10.2 Å². The molecular weight excluding hydrogens is 222 g/mol. The number of amides is 1. The zero-order valence-corrected chi connectivity index (χ0v) is 10.3. The number of hydrogen-bond donors (Lipinski definition) is 1. The molecule has 1 aliphatic carbocycles. The van der Waals surface area contributed by atoms with Gasteiger partial charge in [-0.25, -0.2) is 0 Å². The Morgan fingerprint density at radius 3 is 2.88 bits per heavy atom. The molecule has 88 valence electrons. The highest BCUT2D eigenvalue weighted by Crippen LogP contribution is 2.36. The molecule has 1 aliphatic rings. The molecule has 0 unspecified atom stereocenters. The highest BCUT2D eigenvalue weighted by molar-refractivity contribution is 7.15. The van der Waals surface area contributed by atoms with Crippen molar-refractivity contribution in [2.45, 2.75) is 51.4 Å². The third-order valence-electron chi connectivity index (χ3n) is 2.87. The predicted octanol–water partition coefficient (Wildman–Crippen LogP) is 2.93. The Bertz CT molecular complexity index is 358. The molecule has 5 heteroatoms. The van der Waals surface area contributed by atoms with Crippen molar-refractivity contribution >= 4 is 22.4 Å². The van der Waals surface area contributed by atoms with Crippen LogP contribution < -0.4 is 5.32 Å². The summed E-state index contributed by atoms with van der Waals surface area (Å²) in [5.74, 6) is 0.617. The number of anilines is 1. The van der Waals surface area contributed by atoms with E-state index in [-0.39, 0.29) is 5.91 Å². The van der Waals surface area contributed by atoms with Crippen LogP contribution in [0.15, 0.2) is 0 Å². The zero-order chi connectivity index (χ0) is 11.4. The van der Waals surface area contributed by atoms with Gasteiger partial charge in [0.2, 0.25) is 11.0 Å². The van der Waals surface area contributed by atoms with E-state index < -0.39 is 0 Å². The molecule has 0 bridgehead atoms. The van der Waals surface area contributed by atoms with E-state index in [2.05, 4.69) is 15.5 Å². The Morgan fingerprint density at radius 2 is 2.19 bits per heavy atom. The molecular formula is C11H17N3OS. The quantitative estimate of drug-likeness (QED) is 0.879. The molecule has 0 radical (unpaired) electrons. The third-order valence-corrected chi connectivity index (χ3v) is 3.87. The Kier molecular flexibility index (Phi) is 3.88. The summed E-state index contributed by atoms with van der Waals surface area (Å²) >= 11 is 1.53. The summed E-state index contributed by atoms with van der Waals surface area (Å²) in [7, 11) is 0. The molecule has 1 N–H and O–H groups in total. The molecule has 0 aromatic carbocycles. The molecule has 1 aromatic rings. The number of hydrogen-bond acceptors (Lipinski definition) is 4. The molecule has 0 aliphatic heterocycles. The fourth-order valence-electron chi connectivity index (χ4n) is 2.03. The first kappa shape index (κ1) is 11.5. The smallest absolute Gasteiger partial charge is 0.226 e. The molecule has 16 heavy (non-hydrogen) atoms. The summed E-state index contributed by atoms with van der Waals surface area (Å²) in [6, 6.07) is 0. The lowest BCUT2D eigenvalue weighted by Crippen LogP contribution is -2.10. The first-order chi connectivity index (χ1) is 7.79. The van der Waals surface area contributed by atoms with E-state index in [1.807, 2.05) is 6.92 Å². The van der Waals surface area contributed by atoms with Gasteiger partial charge in [0.15, 0.2) is 0 Å². The van der Waals surface area contributed by atoms with E-state index in [0.717, 1.165) is 11.4 Å².